The van der Waals surface area contributed by atoms with E-state index in [1.807, 2.05) is 42.5 Å². The summed E-state index contributed by atoms with van der Waals surface area (Å²) in [4.78, 5) is 34.8. The fourth-order valence-corrected chi connectivity index (χ4v) is 3.40. The monoisotopic (exact) mass is 432 g/mol. The number of carbonyl (C=O) groups is 2. The van der Waals surface area contributed by atoms with Crippen molar-refractivity contribution in [1.29, 1.82) is 0 Å². The van der Waals surface area contributed by atoms with Crippen LogP contribution in [0.15, 0.2) is 78.9 Å². The molecule has 5 heteroatoms. The minimum Gasteiger partial charge on any atom is -0.419 e. The Morgan fingerprint density at radius 2 is 1.25 bits per heavy atom. The normalized spacial score (nSPS) is 11.9. The summed E-state index contributed by atoms with van der Waals surface area (Å²) in [6.07, 6.45) is -1.92. The number of rotatable bonds is 8. The van der Waals surface area contributed by atoms with Crippen LogP contribution in [-0.4, -0.2) is 18.0 Å². The second kappa shape index (κ2) is 10.7. The van der Waals surface area contributed by atoms with Crippen molar-refractivity contribution in [1.82, 2.24) is 0 Å². The summed E-state index contributed by atoms with van der Waals surface area (Å²) in [5, 5.41) is 0. The molecule has 0 amide bonds. The summed E-state index contributed by atoms with van der Waals surface area (Å²) in [5.74, 6) is 0.154. The summed E-state index contributed by atoms with van der Waals surface area (Å²) in [6.45, 7) is 7.66. The van der Waals surface area contributed by atoms with Crippen molar-refractivity contribution in [2.24, 2.45) is 0 Å². The average Bonchev–Trinajstić information content (AvgIpc) is 2.81. The van der Waals surface area contributed by atoms with Crippen LogP contribution in [0, 0.1) is 0 Å². The van der Waals surface area contributed by atoms with Crippen LogP contribution in [0.4, 0.5) is 4.79 Å². The number of hydrogen-bond donors (Lipinski definition) is 0. The molecule has 0 radical (unpaired) electrons. The van der Waals surface area contributed by atoms with Gasteiger partial charge in [-0.1, -0.05) is 92.7 Å². The van der Waals surface area contributed by atoms with Gasteiger partial charge < -0.3 is 4.74 Å². The van der Waals surface area contributed by atoms with Gasteiger partial charge in [-0.3, -0.25) is 9.68 Å². The summed E-state index contributed by atoms with van der Waals surface area (Å²) in [7, 11) is 0. The first-order valence-corrected chi connectivity index (χ1v) is 10.7. The van der Waals surface area contributed by atoms with Crippen molar-refractivity contribution in [3.63, 3.8) is 0 Å². The van der Waals surface area contributed by atoms with E-state index in [0.717, 1.165) is 16.7 Å². The molecule has 1 unspecified atom stereocenters. The highest BCUT2D eigenvalue weighted by Gasteiger charge is 2.24. The van der Waals surface area contributed by atoms with Gasteiger partial charge in [0.1, 0.15) is 0 Å². The van der Waals surface area contributed by atoms with E-state index in [1.54, 1.807) is 50.2 Å². The van der Waals surface area contributed by atoms with Gasteiger partial charge in [0, 0.05) is 16.7 Å². The molecule has 1 atom stereocenters. The lowest BCUT2D eigenvalue weighted by Gasteiger charge is -2.22. The van der Waals surface area contributed by atoms with E-state index >= 15 is 0 Å². The molecular weight excluding hydrogens is 404 g/mol. The maximum absolute atomic E-state index is 12.7. The van der Waals surface area contributed by atoms with Gasteiger partial charge >= 0.3 is 6.16 Å². The van der Waals surface area contributed by atoms with Crippen molar-refractivity contribution in [3.8, 4) is 0 Å². The Bertz CT molecular complexity index is 1040. The first kappa shape index (κ1) is 23.2. The molecular formula is C27H28O5. The van der Waals surface area contributed by atoms with E-state index in [1.165, 1.54) is 0 Å². The molecule has 5 nitrogen and oxygen atoms in total. The van der Waals surface area contributed by atoms with Gasteiger partial charge in [0.05, 0.1) is 6.10 Å². The Labute approximate surface area is 188 Å². The maximum atomic E-state index is 12.7. The molecule has 0 aliphatic heterocycles. The van der Waals surface area contributed by atoms with Gasteiger partial charge in [-0.25, -0.2) is 4.79 Å². The van der Waals surface area contributed by atoms with Gasteiger partial charge in [0.25, 0.3) is 0 Å². The van der Waals surface area contributed by atoms with E-state index in [-0.39, 0.29) is 17.8 Å². The lowest BCUT2D eigenvalue weighted by Crippen LogP contribution is -2.18. The van der Waals surface area contributed by atoms with Crippen molar-refractivity contribution >= 4 is 11.9 Å². The lowest BCUT2D eigenvalue weighted by molar-refractivity contribution is -0.280. The summed E-state index contributed by atoms with van der Waals surface area (Å²) in [6, 6.07) is 24.0. The first-order chi connectivity index (χ1) is 15.4. The van der Waals surface area contributed by atoms with Crippen LogP contribution in [0.25, 0.3) is 0 Å². The van der Waals surface area contributed by atoms with Gasteiger partial charge in [-0.2, -0.15) is 4.89 Å². The largest absolute Gasteiger partial charge is 0.541 e. The highest BCUT2D eigenvalue weighted by molar-refractivity contribution is 6.08. The molecule has 0 fully saturated rings. The molecule has 0 saturated heterocycles. The SMILES string of the molecule is CC(C)OOC(=O)OC(c1ccc(C(=O)c2ccccc2)cc1)c1ccccc1C(C)C. The Balaban J connectivity index is 1.93. The standard InChI is InChI=1S/C27H28O5/c1-18(2)23-12-8-9-13-24(23)26(30-27(29)32-31-19(3)4)22-16-14-21(15-17-22)25(28)20-10-6-5-7-11-20/h5-19,26H,1-4H3. The quantitative estimate of drug-likeness (QED) is 0.173. The summed E-state index contributed by atoms with van der Waals surface area (Å²) >= 11 is 0. The van der Waals surface area contributed by atoms with Crippen LogP contribution in [0.2, 0.25) is 0 Å². The van der Waals surface area contributed by atoms with Crippen LogP contribution in [-0.2, 0) is 14.5 Å². The van der Waals surface area contributed by atoms with Crippen LogP contribution in [0.5, 0.6) is 0 Å². The van der Waals surface area contributed by atoms with Crippen LogP contribution in [0.3, 0.4) is 0 Å². The van der Waals surface area contributed by atoms with Crippen molar-refractivity contribution in [2.45, 2.75) is 45.8 Å². The number of ether oxygens (including phenoxy) is 1. The summed E-state index contributed by atoms with van der Waals surface area (Å²) < 4.78 is 5.68. The van der Waals surface area contributed by atoms with Crippen molar-refractivity contribution in [3.05, 3.63) is 107 Å². The van der Waals surface area contributed by atoms with Gasteiger partial charge in [0.15, 0.2) is 11.9 Å². The zero-order valence-corrected chi connectivity index (χ0v) is 18.8. The third-order valence-corrected chi connectivity index (χ3v) is 4.93. The fourth-order valence-electron chi connectivity index (χ4n) is 3.40. The van der Waals surface area contributed by atoms with E-state index < -0.39 is 12.3 Å². The zero-order chi connectivity index (χ0) is 23.1. The molecule has 0 aliphatic rings. The second-order valence-electron chi connectivity index (χ2n) is 8.08. The molecule has 166 valence electrons. The highest BCUT2D eigenvalue weighted by atomic mass is 17.2. The molecule has 0 aromatic heterocycles. The Morgan fingerprint density at radius 3 is 1.84 bits per heavy atom. The van der Waals surface area contributed by atoms with Gasteiger partial charge in [-0.05, 0) is 30.9 Å². The fraction of sp³-hybridized carbons (Fsp3) is 0.259. The maximum Gasteiger partial charge on any atom is 0.541 e. The molecule has 0 heterocycles. The van der Waals surface area contributed by atoms with E-state index in [0.29, 0.717) is 11.1 Å². The molecule has 3 rings (SSSR count). The summed E-state index contributed by atoms with van der Waals surface area (Å²) in [5.41, 5.74) is 3.81. The topological polar surface area (TPSA) is 61.8 Å². The Morgan fingerprint density at radius 1 is 0.688 bits per heavy atom. The van der Waals surface area contributed by atoms with Gasteiger partial charge in [-0.15, -0.1) is 0 Å². The minimum absolute atomic E-state index is 0.0676. The predicted molar refractivity (Wildman–Crippen MR) is 122 cm³/mol. The predicted octanol–water partition coefficient (Wildman–Crippen LogP) is 6.62. The van der Waals surface area contributed by atoms with Crippen LogP contribution < -0.4 is 0 Å². The van der Waals surface area contributed by atoms with Crippen molar-refractivity contribution in [2.75, 3.05) is 0 Å². The second-order valence-corrected chi connectivity index (χ2v) is 8.08. The van der Waals surface area contributed by atoms with Crippen LogP contribution in [0.1, 0.15) is 72.3 Å². The third-order valence-electron chi connectivity index (χ3n) is 4.93. The number of benzene rings is 3. The van der Waals surface area contributed by atoms with E-state index in [4.69, 9.17) is 14.5 Å². The molecule has 0 N–H and O–H groups in total. The zero-order valence-electron chi connectivity index (χ0n) is 18.8. The van der Waals surface area contributed by atoms with Gasteiger partial charge in [0.2, 0.25) is 0 Å². The molecule has 3 aromatic rings. The molecule has 32 heavy (non-hydrogen) atoms. The van der Waals surface area contributed by atoms with Crippen molar-refractivity contribution < 1.29 is 24.1 Å². The smallest absolute Gasteiger partial charge is 0.419 e. The highest BCUT2D eigenvalue weighted by Crippen LogP contribution is 2.33. The third kappa shape index (κ3) is 5.83. The molecule has 0 saturated carbocycles. The van der Waals surface area contributed by atoms with Crippen LogP contribution >= 0.6 is 0 Å². The molecule has 0 bridgehead atoms. The van der Waals surface area contributed by atoms with E-state index in [9.17, 15) is 9.59 Å². The Kier molecular flexibility index (Phi) is 7.79. The number of ketones is 1. The average molecular weight is 433 g/mol. The first-order valence-electron chi connectivity index (χ1n) is 10.7. The number of hydrogen-bond acceptors (Lipinski definition) is 5. The molecule has 3 aromatic carbocycles. The molecule has 0 aliphatic carbocycles. The Hall–Kier alpha value is -3.44. The van der Waals surface area contributed by atoms with E-state index in [2.05, 4.69) is 13.8 Å². The molecule has 0 spiro atoms. The minimum atomic E-state index is -0.924. The number of carbonyl (C=O) groups excluding carboxylic acids is 2. The lowest BCUT2D eigenvalue weighted by atomic mass is 9.90.